The van der Waals surface area contributed by atoms with E-state index in [9.17, 15) is 9.59 Å². The summed E-state index contributed by atoms with van der Waals surface area (Å²) in [6.45, 7) is 0.480. The molecule has 3 rings (SSSR count). The molecule has 2 heterocycles. The second kappa shape index (κ2) is 6.60. The van der Waals surface area contributed by atoms with Gasteiger partial charge in [0.05, 0.1) is 18.8 Å². The highest BCUT2D eigenvalue weighted by Crippen LogP contribution is 2.18. The minimum absolute atomic E-state index is 0.0237. The fourth-order valence-electron chi connectivity index (χ4n) is 2.83. The molecule has 0 spiro atoms. The summed E-state index contributed by atoms with van der Waals surface area (Å²) in [5, 5.41) is 0. The van der Waals surface area contributed by atoms with E-state index in [-0.39, 0.29) is 18.4 Å². The zero-order valence-electron chi connectivity index (χ0n) is 13.1. The number of likely N-dealkylation sites (N-methyl/N-ethyl adjacent to an activating group) is 1. The van der Waals surface area contributed by atoms with Gasteiger partial charge in [0.15, 0.2) is 0 Å². The number of benzene rings is 1. The van der Waals surface area contributed by atoms with Crippen molar-refractivity contribution >= 4 is 11.8 Å². The standard InChI is InChI=1S/C18H19N3O2/c1-20-13-17(22)21(12-15-9-5-6-10-19-15)16(18(20)23)11-14-7-3-2-4-8-14/h2-10,16H,11-13H2,1H3/t16-/m1/s1. The molecule has 0 radical (unpaired) electrons. The number of nitrogens with zero attached hydrogens (tertiary/aromatic N) is 3. The van der Waals surface area contributed by atoms with Crippen LogP contribution in [0.3, 0.4) is 0 Å². The van der Waals surface area contributed by atoms with Crippen LogP contribution < -0.4 is 0 Å². The van der Waals surface area contributed by atoms with Crippen LogP contribution in [-0.2, 0) is 22.6 Å². The molecule has 0 N–H and O–H groups in total. The first-order valence-corrected chi connectivity index (χ1v) is 7.63. The van der Waals surface area contributed by atoms with Crippen LogP contribution in [0.4, 0.5) is 0 Å². The molecule has 1 atom stereocenters. The lowest BCUT2D eigenvalue weighted by Crippen LogP contribution is -2.59. The van der Waals surface area contributed by atoms with Crippen LogP contribution in [0.1, 0.15) is 11.3 Å². The third kappa shape index (κ3) is 3.39. The van der Waals surface area contributed by atoms with Crippen molar-refractivity contribution < 1.29 is 9.59 Å². The summed E-state index contributed by atoms with van der Waals surface area (Å²) in [5.41, 5.74) is 1.83. The molecule has 1 saturated heterocycles. The maximum absolute atomic E-state index is 12.6. The quantitative estimate of drug-likeness (QED) is 0.860. The maximum atomic E-state index is 12.6. The van der Waals surface area contributed by atoms with E-state index in [0.29, 0.717) is 13.0 Å². The van der Waals surface area contributed by atoms with Crippen molar-refractivity contribution in [1.29, 1.82) is 0 Å². The van der Waals surface area contributed by atoms with E-state index in [1.165, 1.54) is 4.90 Å². The van der Waals surface area contributed by atoms with Crippen LogP contribution in [0.15, 0.2) is 54.7 Å². The first kappa shape index (κ1) is 15.2. The van der Waals surface area contributed by atoms with Gasteiger partial charge in [-0.25, -0.2) is 0 Å². The lowest BCUT2D eigenvalue weighted by molar-refractivity contribution is -0.155. The Balaban J connectivity index is 1.86. The highest BCUT2D eigenvalue weighted by Gasteiger charge is 2.37. The van der Waals surface area contributed by atoms with Gasteiger partial charge in [0.1, 0.15) is 6.04 Å². The molecule has 1 aromatic heterocycles. The first-order chi connectivity index (χ1) is 11.1. The number of carbonyl (C=O) groups excluding carboxylic acids is 2. The van der Waals surface area contributed by atoms with Gasteiger partial charge in [-0.05, 0) is 17.7 Å². The van der Waals surface area contributed by atoms with Gasteiger partial charge >= 0.3 is 0 Å². The van der Waals surface area contributed by atoms with Crippen LogP contribution in [0.5, 0.6) is 0 Å². The minimum atomic E-state index is -0.481. The van der Waals surface area contributed by atoms with E-state index in [2.05, 4.69) is 4.98 Å². The Morgan fingerprint density at radius 2 is 1.83 bits per heavy atom. The van der Waals surface area contributed by atoms with Gasteiger partial charge in [-0.2, -0.15) is 0 Å². The second-order valence-electron chi connectivity index (χ2n) is 5.74. The third-order valence-electron chi connectivity index (χ3n) is 4.06. The van der Waals surface area contributed by atoms with Crippen molar-refractivity contribution in [1.82, 2.24) is 14.8 Å². The van der Waals surface area contributed by atoms with Crippen LogP contribution in [0.2, 0.25) is 0 Å². The van der Waals surface area contributed by atoms with Crippen molar-refractivity contribution in [2.45, 2.75) is 19.0 Å². The fourth-order valence-corrected chi connectivity index (χ4v) is 2.83. The number of aromatic nitrogens is 1. The highest BCUT2D eigenvalue weighted by molar-refractivity contribution is 5.94. The van der Waals surface area contributed by atoms with Crippen molar-refractivity contribution in [2.75, 3.05) is 13.6 Å². The minimum Gasteiger partial charge on any atom is -0.335 e. The van der Waals surface area contributed by atoms with Gasteiger partial charge in [-0.15, -0.1) is 0 Å². The molecule has 2 aromatic rings. The molecule has 1 fully saturated rings. The lowest BCUT2D eigenvalue weighted by atomic mass is 10.0. The van der Waals surface area contributed by atoms with Crippen molar-refractivity contribution in [3.63, 3.8) is 0 Å². The summed E-state index contributed by atoms with van der Waals surface area (Å²) >= 11 is 0. The van der Waals surface area contributed by atoms with Gasteiger partial charge in [-0.3, -0.25) is 14.6 Å². The smallest absolute Gasteiger partial charge is 0.245 e. The molecule has 2 amide bonds. The Bertz CT molecular complexity index is 688. The Kier molecular flexibility index (Phi) is 4.37. The molecule has 23 heavy (non-hydrogen) atoms. The Morgan fingerprint density at radius 1 is 1.09 bits per heavy atom. The molecule has 1 aliphatic heterocycles. The zero-order chi connectivity index (χ0) is 16.2. The summed E-state index contributed by atoms with van der Waals surface area (Å²) in [6, 6.07) is 14.9. The lowest BCUT2D eigenvalue weighted by Gasteiger charge is -2.38. The average molecular weight is 309 g/mol. The van der Waals surface area contributed by atoms with E-state index in [0.717, 1.165) is 11.3 Å². The number of pyridine rings is 1. The van der Waals surface area contributed by atoms with E-state index in [1.807, 2.05) is 48.5 Å². The number of hydrogen-bond acceptors (Lipinski definition) is 3. The molecule has 5 heteroatoms. The number of piperazine rings is 1. The van der Waals surface area contributed by atoms with Crippen molar-refractivity contribution in [2.24, 2.45) is 0 Å². The van der Waals surface area contributed by atoms with Gasteiger partial charge in [0.25, 0.3) is 0 Å². The zero-order valence-corrected chi connectivity index (χ0v) is 13.1. The molecular weight excluding hydrogens is 290 g/mol. The summed E-state index contributed by atoms with van der Waals surface area (Å²) in [7, 11) is 1.68. The molecule has 0 aliphatic carbocycles. The fraction of sp³-hybridized carbons (Fsp3) is 0.278. The molecule has 5 nitrogen and oxygen atoms in total. The summed E-state index contributed by atoms with van der Waals surface area (Å²) in [6.07, 6.45) is 2.21. The van der Waals surface area contributed by atoms with Crippen LogP contribution in [-0.4, -0.2) is 46.2 Å². The van der Waals surface area contributed by atoms with Crippen molar-refractivity contribution in [3.8, 4) is 0 Å². The second-order valence-corrected chi connectivity index (χ2v) is 5.74. The van der Waals surface area contributed by atoms with Gasteiger partial charge in [0.2, 0.25) is 11.8 Å². The molecular formula is C18H19N3O2. The van der Waals surface area contributed by atoms with Gasteiger partial charge in [-0.1, -0.05) is 36.4 Å². The number of carbonyl (C=O) groups is 2. The number of hydrogen-bond donors (Lipinski definition) is 0. The Hall–Kier alpha value is -2.69. The van der Waals surface area contributed by atoms with Crippen LogP contribution in [0.25, 0.3) is 0 Å². The topological polar surface area (TPSA) is 53.5 Å². The largest absolute Gasteiger partial charge is 0.335 e. The number of rotatable bonds is 4. The Morgan fingerprint density at radius 3 is 2.52 bits per heavy atom. The molecule has 118 valence electrons. The SMILES string of the molecule is CN1CC(=O)N(Cc2ccccn2)[C@H](Cc2ccccc2)C1=O. The number of amides is 2. The predicted molar refractivity (Wildman–Crippen MR) is 86.4 cm³/mol. The highest BCUT2D eigenvalue weighted by atomic mass is 16.2. The molecule has 1 aliphatic rings. The monoisotopic (exact) mass is 309 g/mol. The molecule has 0 saturated carbocycles. The maximum Gasteiger partial charge on any atom is 0.245 e. The van der Waals surface area contributed by atoms with Crippen LogP contribution >= 0.6 is 0 Å². The summed E-state index contributed by atoms with van der Waals surface area (Å²) in [4.78, 5) is 32.5. The summed E-state index contributed by atoms with van der Waals surface area (Å²) in [5.74, 6) is -0.0666. The van der Waals surface area contributed by atoms with E-state index < -0.39 is 6.04 Å². The van der Waals surface area contributed by atoms with E-state index >= 15 is 0 Å². The molecule has 1 aromatic carbocycles. The van der Waals surface area contributed by atoms with E-state index in [4.69, 9.17) is 0 Å². The Labute approximate surface area is 135 Å². The van der Waals surface area contributed by atoms with Gasteiger partial charge < -0.3 is 9.80 Å². The average Bonchev–Trinajstić information content (AvgIpc) is 2.58. The molecule has 0 bridgehead atoms. The van der Waals surface area contributed by atoms with E-state index in [1.54, 1.807) is 18.1 Å². The van der Waals surface area contributed by atoms with Crippen molar-refractivity contribution in [3.05, 3.63) is 66.0 Å². The predicted octanol–water partition coefficient (Wildman–Crippen LogP) is 1.49. The molecule has 0 unspecified atom stereocenters. The third-order valence-corrected chi connectivity index (χ3v) is 4.06. The van der Waals surface area contributed by atoms with Gasteiger partial charge in [0, 0.05) is 19.7 Å². The normalized spacial score (nSPS) is 18.4. The van der Waals surface area contributed by atoms with Crippen LogP contribution in [0, 0.1) is 0 Å². The first-order valence-electron chi connectivity index (χ1n) is 7.63. The summed E-state index contributed by atoms with van der Waals surface area (Å²) < 4.78 is 0.